The summed E-state index contributed by atoms with van der Waals surface area (Å²) in [5.74, 6) is -0.384. The van der Waals surface area contributed by atoms with Crippen molar-refractivity contribution in [2.45, 2.75) is 26.9 Å². The van der Waals surface area contributed by atoms with E-state index < -0.39 is 17.8 Å². The second-order valence-corrected chi connectivity index (χ2v) is 9.64. The molecule has 39 heavy (non-hydrogen) atoms. The first-order valence-electron chi connectivity index (χ1n) is 12.3. The van der Waals surface area contributed by atoms with E-state index in [0.29, 0.717) is 45.3 Å². The molecular formula is C29H26FIN2O6. The third-order valence-electron chi connectivity index (χ3n) is 5.61. The highest BCUT2D eigenvalue weighted by atomic mass is 127. The van der Waals surface area contributed by atoms with Gasteiger partial charge in [-0.05, 0) is 102 Å². The van der Waals surface area contributed by atoms with E-state index in [1.54, 1.807) is 48.5 Å². The smallest absolute Gasteiger partial charge is 0.335 e. The average molecular weight is 644 g/mol. The molecule has 0 radical (unpaired) electrons. The molecule has 0 aliphatic carbocycles. The first kappa shape index (κ1) is 28.1. The number of halogens is 2. The molecule has 0 bridgehead atoms. The van der Waals surface area contributed by atoms with E-state index in [4.69, 9.17) is 14.2 Å². The summed E-state index contributed by atoms with van der Waals surface area (Å²) in [4.78, 5) is 39.5. The molecule has 0 spiro atoms. The van der Waals surface area contributed by atoms with Gasteiger partial charge < -0.3 is 14.2 Å². The van der Waals surface area contributed by atoms with Gasteiger partial charge in [-0.2, -0.15) is 0 Å². The molecular weight excluding hydrogens is 618 g/mol. The highest BCUT2D eigenvalue weighted by Gasteiger charge is 2.37. The van der Waals surface area contributed by atoms with E-state index in [2.05, 4.69) is 27.9 Å². The van der Waals surface area contributed by atoms with Gasteiger partial charge >= 0.3 is 6.03 Å². The van der Waals surface area contributed by atoms with Gasteiger partial charge in [-0.3, -0.25) is 14.9 Å². The van der Waals surface area contributed by atoms with Gasteiger partial charge in [-0.1, -0.05) is 19.1 Å². The molecule has 1 aliphatic heterocycles. The van der Waals surface area contributed by atoms with Crippen LogP contribution in [-0.2, 0) is 16.2 Å². The zero-order chi connectivity index (χ0) is 27.9. The second kappa shape index (κ2) is 12.7. The molecule has 0 atom stereocenters. The maximum Gasteiger partial charge on any atom is 0.335 e. The lowest BCUT2D eigenvalue weighted by Crippen LogP contribution is -2.54. The molecule has 4 rings (SSSR count). The summed E-state index contributed by atoms with van der Waals surface area (Å²) >= 11 is 2.08. The van der Waals surface area contributed by atoms with Crippen LogP contribution in [0.1, 0.15) is 31.4 Å². The number of benzene rings is 3. The number of carbonyl (C=O) groups excluding carboxylic acids is 3. The van der Waals surface area contributed by atoms with E-state index in [-0.39, 0.29) is 18.0 Å². The molecule has 0 aromatic heterocycles. The van der Waals surface area contributed by atoms with Crippen LogP contribution >= 0.6 is 22.6 Å². The summed E-state index contributed by atoms with van der Waals surface area (Å²) in [5.41, 5.74) is 1.38. The van der Waals surface area contributed by atoms with Crippen molar-refractivity contribution >= 4 is 52.2 Å². The summed E-state index contributed by atoms with van der Waals surface area (Å²) in [6, 6.07) is 15.0. The number of nitrogens with one attached hydrogen (secondary N) is 1. The number of hydrogen-bond acceptors (Lipinski definition) is 6. The fourth-order valence-corrected chi connectivity index (χ4v) is 4.56. The molecule has 3 aromatic rings. The van der Waals surface area contributed by atoms with Gasteiger partial charge in [0.25, 0.3) is 11.8 Å². The number of anilines is 1. The minimum atomic E-state index is -0.835. The van der Waals surface area contributed by atoms with Crippen LogP contribution in [0.3, 0.4) is 0 Å². The van der Waals surface area contributed by atoms with Gasteiger partial charge in [0.1, 0.15) is 23.7 Å². The monoisotopic (exact) mass is 644 g/mol. The Balaban J connectivity index is 1.61. The summed E-state index contributed by atoms with van der Waals surface area (Å²) in [6.07, 6.45) is 2.25. The molecule has 1 aliphatic rings. The van der Waals surface area contributed by atoms with Gasteiger partial charge in [-0.25, -0.2) is 14.1 Å². The molecule has 3 aromatic carbocycles. The summed E-state index contributed by atoms with van der Waals surface area (Å²) in [5, 5.41) is 2.23. The van der Waals surface area contributed by atoms with Crippen molar-refractivity contribution in [2.24, 2.45) is 0 Å². The van der Waals surface area contributed by atoms with Crippen molar-refractivity contribution in [3.63, 3.8) is 0 Å². The maximum absolute atomic E-state index is 13.3. The number of imide groups is 2. The predicted molar refractivity (Wildman–Crippen MR) is 152 cm³/mol. The third kappa shape index (κ3) is 6.75. The molecule has 0 saturated carbocycles. The largest absolute Gasteiger partial charge is 0.494 e. The Morgan fingerprint density at radius 2 is 1.67 bits per heavy atom. The highest BCUT2D eigenvalue weighted by molar-refractivity contribution is 14.1. The molecule has 202 valence electrons. The van der Waals surface area contributed by atoms with Crippen molar-refractivity contribution < 1.29 is 33.0 Å². The van der Waals surface area contributed by atoms with Crippen LogP contribution in [0, 0.1) is 9.39 Å². The predicted octanol–water partition coefficient (Wildman–Crippen LogP) is 5.86. The van der Waals surface area contributed by atoms with Crippen molar-refractivity contribution in [2.75, 3.05) is 18.1 Å². The first-order valence-corrected chi connectivity index (χ1v) is 13.4. The van der Waals surface area contributed by atoms with Crippen LogP contribution in [0.4, 0.5) is 14.9 Å². The number of rotatable bonds is 10. The van der Waals surface area contributed by atoms with Crippen LogP contribution in [0.2, 0.25) is 0 Å². The lowest BCUT2D eigenvalue weighted by molar-refractivity contribution is -0.122. The second-order valence-electron chi connectivity index (χ2n) is 8.48. The number of ether oxygens (including phenoxy) is 3. The number of hydrogen-bond donors (Lipinski definition) is 1. The van der Waals surface area contributed by atoms with E-state index >= 15 is 0 Å². The highest BCUT2D eigenvalue weighted by Crippen LogP contribution is 2.36. The molecule has 1 N–H and O–H groups in total. The fourth-order valence-electron chi connectivity index (χ4n) is 3.78. The van der Waals surface area contributed by atoms with E-state index in [9.17, 15) is 18.8 Å². The Labute approximate surface area is 238 Å². The zero-order valence-electron chi connectivity index (χ0n) is 21.3. The molecule has 0 unspecified atom stereocenters. The number of carbonyl (C=O) groups is 3. The van der Waals surface area contributed by atoms with Crippen LogP contribution in [-0.4, -0.2) is 31.1 Å². The third-order valence-corrected chi connectivity index (χ3v) is 6.41. The Hall–Kier alpha value is -3.93. The summed E-state index contributed by atoms with van der Waals surface area (Å²) in [7, 11) is 0. The van der Waals surface area contributed by atoms with Crippen molar-refractivity contribution in [3.05, 3.63) is 86.8 Å². The number of barbiturate groups is 1. The Morgan fingerprint density at radius 3 is 2.33 bits per heavy atom. The zero-order valence-corrected chi connectivity index (χ0v) is 23.5. The first-order chi connectivity index (χ1) is 18.8. The van der Waals surface area contributed by atoms with E-state index in [0.717, 1.165) is 16.9 Å². The quantitative estimate of drug-likeness (QED) is 0.169. The van der Waals surface area contributed by atoms with Gasteiger partial charge in [0.15, 0.2) is 11.5 Å². The SMILES string of the molecule is CCCOc1ccc(N2C(=O)NC(=O)/C(=C/c3cc(I)c(OCc4ccc(F)cc4)c(OCC)c3)C2=O)cc1. The number of urea groups is 1. The molecule has 1 saturated heterocycles. The van der Waals surface area contributed by atoms with Gasteiger partial charge in [-0.15, -0.1) is 0 Å². The van der Waals surface area contributed by atoms with Crippen molar-refractivity contribution in [3.8, 4) is 17.2 Å². The minimum Gasteiger partial charge on any atom is -0.494 e. The summed E-state index contributed by atoms with van der Waals surface area (Å²) < 4.78 is 31.2. The molecule has 4 amide bonds. The fraction of sp³-hybridized carbons (Fsp3) is 0.207. The molecule has 1 fully saturated rings. The molecule has 1 heterocycles. The maximum atomic E-state index is 13.3. The average Bonchev–Trinajstić information content (AvgIpc) is 2.91. The number of nitrogens with zero attached hydrogens (tertiary/aromatic N) is 1. The Bertz CT molecular complexity index is 1410. The van der Waals surface area contributed by atoms with Gasteiger partial charge in [0, 0.05) is 0 Å². The lowest BCUT2D eigenvalue weighted by Gasteiger charge is -2.26. The lowest BCUT2D eigenvalue weighted by atomic mass is 10.1. The van der Waals surface area contributed by atoms with E-state index in [1.807, 2.05) is 13.8 Å². The van der Waals surface area contributed by atoms with Crippen LogP contribution in [0.5, 0.6) is 17.2 Å². The van der Waals surface area contributed by atoms with Crippen molar-refractivity contribution in [1.29, 1.82) is 0 Å². The normalized spacial score (nSPS) is 14.4. The van der Waals surface area contributed by atoms with Crippen LogP contribution < -0.4 is 24.4 Å². The van der Waals surface area contributed by atoms with Crippen molar-refractivity contribution in [1.82, 2.24) is 5.32 Å². The molecule has 8 nitrogen and oxygen atoms in total. The summed E-state index contributed by atoms with van der Waals surface area (Å²) in [6.45, 7) is 4.90. The van der Waals surface area contributed by atoms with Crippen LogP contribution in [0.15, 0.2) is 66.2 Å². The van der Waals surface area contributed by atoms with Gasteiger partial charge in [0.2, 0.25) is 0 Å². The number of amides is 4. The van der Waals surface area contributed by atoms with Crippen LogP contribution in [0.25, 0.3) is 6.08 Å². The standard InChI is InChI=1S/C29H26FIN2O6/c1-3-13-38-22-11-9-21(10-12-22)33-28(35)23(27(34)32-29(33)36)14-19-15-24(31)26(25(16-19)37-4-2)39-17-18-5-7-20(30)8-6-18/h5-12,14-16H,3-4,13,17H2,1-2H3,(H,32,34,36)/b23-14-. The minimum absolute atomic E-state index is 0.191. The Morgan fingerprint density at radius 1 is 0.949 bits per heavy atom. The topological polar surface area (TPSA) is 94.2 Å². The van der Waals surface area contributed by atoms with E-state index in [1.165, 1.54) is 18.2 Å². The Kier molecular flexibility index (Phi) is 9.18. The van der Waals surface area contributed by atoms with Gasteiger partial charge in [0.05, 0.1) is 22.5 Å². The molecule has 10 heteroatoms.